The minimum Gasteiger partial charge on any atom is -0.306 e. The molecular weight excluding hydrogens is 224 g/mol. The fourth-order valence-corrected chi connectivity index (χ4v) is 3.85. The van der Waals surface area contributed by atoms with Crippen LogP contribution in [-0.2, 0) is 0 Å². The fraction of sp³-hybridized carbons (Fsp3) is 0.364. The Bertz CT molecular complexity index is 427. The molecule has 4 heteroatoms. The molecule has 1 saturated heterocycles. The van der Waals surface area contributed by atoms with Crippen LogP contribution in [0.1, 0.15) is 11.0 Å². The quantitative estimate of drug-likeness (QED) is 0.824. The molecule has 1 unspecified atom stereocenters. The second-order valence-electron chi connectivity index (χ2n) is 3.60. The molecule has 1 N–H and O–H groups in total. The zero-order valence-corrected chi connectivity index (χ0v) is 9.90. The van der Waals surface area contributed by atoms with Gasteiger partial charge in [-0.1, -0.05) is 12.1 Å². The maximum absolute atomic E-state index is 4.68. The first kappa shape index (κ1) is 9.63. The van der Waals surface area contributed by atoms with Gasteiger partial charge >= 0.3 is 0 Å². The van der Waals surface area contributed by atoms with E-state index in [0.717, 1.165) is 17.8 Å². The molecule has 1 atom stereocenters. The number of thiazole rings is 1. The molecule has 0 radical (unpaired) electrons. The van der Waals surface area contributed by atoms with Gasteiger partial charge < -0.3 is 5.32 Å². The van der Waals surface area contributed by atoms with Gasteiger partial charge in [0.05, 0.1) is 16.3 Å². The maximum Gasteiger partial charge on any atom is 0.112 e. The topological polar surface area (TPSA) is 24.9 Å². The number of nitrogens with zero attached hydrogens (tertiary/aromatic N) is 1. The van der Waals surface area contributed by atoms with E-state index in [4.69, 9.17) is 0 Å². The SMILES string of the molecule is c1ccc2sc(C3CSCCN3)nc2c1. The molecule has 2 heterocycles. The van der Waals surface area contributed by atoms with E-state index in [1.54, 1.807) is 0 Å². The van der Waals surface area contributed by atoms with Crippen molar-refractivity contribution in [2.45, 2.75) is 6.04 Å². The van der Waals surface area contributed by atoms with Crippen molar-refractivity contribution in [1.82, 2.24) is 10.3 Å². The Morgan fingerprint density at radius 3 is 3.07 bits per heavy atom. The van der Waals surface area contributed by atoms with Crippen molar-refractivity contribution in [3.8, 4) is 0 Å². The van der Waals surface area contributed by atoms with E-state index in [9.17, 15) is 0 Å². The van der Waals surface area contributed by atoms with Crippen LogP contribution in [0.15, 0.2) is 24.3 Å². The third kappa shape index (κ3) is 1.89. The molecule has 1 aromatic carbocycles. The summed E-state index contributed by atoms with van der Waals surface area (Å²) in [7, 11) is 0. The van der Waals surface area contributed by atoms with E-state index < -0.39 is 0 Å². The molecule has 1 aromatic heterocycles. The van der Waals surface area contributed by atoms with Crippen LogP contribution in [0.25, 0.3) is 10.2 Å². The lowest BCUT2D eigenvalue weighted by Crippen LogP contribution is -2.30. The molecule has 1 aliphatic rings. The second kappa shape index (κ2) is 4.12. The number of hydrogen-bond acceptors (Lipinski definition) is 4. The Morgan fingerprint density at radius 2 is 2.27 bits per heavy atom. The van der Waals surface area contributed by atoms with Gasteiger partial charge in [0.2, 0.25) is 0 Å². The summed E-state index contributed by atoms with van der Waals surface area (Å²) < 4.78 is 1.30. The summed E-state index contributed by atoms with van der Waals surface area (Å²) in [5.74, 6) is 2.38. The highest BCUT2D eigenvalue weighted by molar-refractivity contribution is 7.99. The van der Waals surface area contributed by atoms with Gasteiger partial charge in [0, 0.05) is 18.1 Å². The normalized spacial score (nSPS) is 22.0. The molecule has 15 heavy (non-hydrogen) atoms. The van der Waals surface area contributed by atoms with Crippen LogP contribution < -0.4 is 5.32 Å². The first-order valence-corrected chi connectivity index (χ1v) is 7.07. The van der Waals surface area contributed by atoms with Crippen LogP contribution >= 0.6 is 23.1 Å². The van der Waals surface area contributed by atoms with Crippen LogP contribution in [0.4, 0.5) is 0 Å². The number of benzene rings is 1. The van der Waals surface area contributed by atoms with E-state index in [-0.39, 0.29) is 0 Å². The standard InChI is InChI=1S/C11H12N2S2/c1-2-4-10-8(3-1)13-11(15-10)9-7-14-6-5-12-9/h1-4,9,12H,5-7H2. The highest BCUT2D eigenvalue weighted by Gasteiger charge is 2.18. The summed E-state index contributed by atoms with van der Waals surface area (Å²) in [4.78, 5) is 4.68. The minimum atomic E-state index is 0.459. The lowest BCUT2D eigenvalue weighted by atomic mass is 10.3. The summed E-state index contributed by atoms with van der Waals surface area (Å²) in [6.45, 7) is 1.10. The number of fused-ring (bicyclic) bond motifs is 1. The zero-order valence-electron chi connectivity index (χ0n) is 8.27. The van der Waals surface area contributed by atoms with Gasteiger partial charge in [-0.25, -0.2) is 4.98 Å². The van der Waals surface area contributed by atoms with Gasteiger partial charge in [-0.15, -0.1) is 11.3 Å². The first-order valence-electron chi connectivity index (χ1n) is 5.10. The summed E-state index contributed by atoms with van der Waals surface area (Å²) in [5, 5.41) is 4.76. The van der Waals surface area contributed by atoms with Gasteiger partial charge in [0.15, 0.2) is 0 Å². The van der Waals surface area contributed by atoms with E-state index in [0.29, 0.717) is 6.04 Å². The summed E-state index contributed by atoms with van der Waals surface area (Å²) in [6.07, 6.45) is 0. The number of para-hydroxylation sites is 1. The van der Waals surface area contributed by atoms with Crippen molar-refractivity contribution in [3.63, 3.8) is 0 Å². The molecule has 0 saturated carbocycles. The highest BCUT2D eigenvalue weighted by atomic mass is 32.2. The number of thioether (sulfide) groups is 1. The van der Waals surface area contributed by atoms with E-state index >= 15 is 0 Å². The average Bonchev–Trinajstić information content (AvgIpc) is 2.74. The van der Waals surface area contributed by atoms with Crippen molar-refractivity contribution in [2.24, 2.45) is 0 Å². The van der Waals surface area contributed by atoms with Gasteiger partial charge in [-0.05, 0) is 12.1 Å². The predicted molar refractivity (Wildman–Crippen MR) is 67.7 cm³/mol. The van der Waals surface area contributed by atoms with Crippen LogP contribution in [0.2, 0.25) is 0 Å². The molecule has 0 aliphatic carbocycles. The van der Waals surface area contributed by atoms with Crippen LogP contribution in [-0.4, -0.2) is 23.0 Å². The second-order valence-corrected chi connectivity index (χ2v) is 5.81. The van der Waals surface area contributed by atoms with Crippen LogP contribution in [0, 0.1) is 0 Å². The van der Waals surface area contributed by atoms with Crippen molar-refractivity contribution in [1.29, 1.82) is 0 Å². The molecule has 2 nitrogen and oxygen atoms in total. The Morgan fingerprint density at radius 1 is 1.33 bits per heavy atom. The Balaban J connectivity index is 1.96. The lowest BCUT2D eigenvalue weighted by Gasteiger charge is -2.20. The smallest absolute Gasteiger partial charge is 0.112 e. The van der Waals surface area contributed by atoms with Crippen molar-refractivity contribution in [2.75, 3.05) is 18.1 Å². The number of rotatable bonds is 1. The Labute approximate surface area is 97.1 Å². The van der Waals surface area contributed by atoms with Crippen molar-refractivity contribution >= 4 is 33.3 Å². The molecule has 3 rings (SSSR count). The highest BCUT2D eigenvalue weighted by Crippen LogP contribution is 2.29. The summed E-state index contributed by atoms with van der Waals surface area (Å²) >= 11 is 3.83. The zero-order chi connectivity index (χ0) is 10.1. The third-order valence-electron chi connectivity index (χ3n) is 2.53. The van der Waals surface area contributed by atoms with E-state index in [2.05, 4.69) is 34.6 Å². The maximum atomic E-state index is 4.68. The summed E-state index contributed by atoms with van der Waals surface area (Å²) in [6, 6.07) is 8.82. The third-order valence-corrected chi connectivity index (χ3v) is 4.74. The summed E-state index contributed by atoms with van der Waals surface area (Å²) in [5.41, 5.74) is 1.13. The molecular formula is C11H12N2S2. The first-order chi connectivity index (χ1) is 7.43. The lowest BCUT2D eigenvalue weighted by molar-refractivity contribution is 0.593. The van der Waals surface area contributed by atoms with Crippen molar-refractivity contribution in [3.05, 3.63) is 29.3 Å². The molecule has 78 valence electrons. The number of aromatic nitrogens is 1. The molecule has 2 aromatic rings. The monoisotopic (exact) mass is 236 g/mol. The minimum absolute atomic E-state index is 0.459. The molecule has 0 bridgehead atoms. The fourth-order valence-electron chi connectivity index (χ4n) is 1.76. The van der Waals surface area contributed by atoms with Gasteiger partial charge in [-0.2, -0.15) is 11.8 Å². The van der Waals surface area contributed by atoms with Gasteiger partial charge in [-0.3, -0.25) is 0 Å². The average molecular weight is 236 g/mol. The molecule has 1 aliphatic heterocycles. The van der Waals surface area contributed by atoms with Crippen molar-refractivity contribution < 1.29 is 0 Å². The van der Waals surface area contributed by atoms with E-state index in [1.165, 1.54) is 15.5 Å². The number of hydrogen-bond donors (Lipinski definition) is 1. The molecule has 0 spiro atoms. The Hall–Kier alpha value is -0.580. The molecule has 0 amide bonds. The predicted octanol–water partition coefficient (Wildman–Crippen LogP) is 2.67. The van der Waals surface area contributed by atoms with Crippen LogP contribution in [0.5, 0.6) is 0 Å². The van der Waals surface area contributed by atoms with Gasteiger partial charge in [0.1, 0.15) is 5.01 Å². The number of nitrogens with one attached hydrogen (secondary N) is 1. The van der Waals surface area contributed by atoms with Crippen LogP contribution in [0.3, 0.4) is 0 Å². The molecule has 1 fully saturated rings. The largest absolute Gasteiger partial charge is 0.306 e. The van der Waals surface area contributed by atoms with Gasteiger partial charge in [0.25, 0.3) is 0 Å². The Kier molecular flexibility index (Phi) is 2.64. The van der Waals surface area contributed by atoms with E-state index in [1.807, 2.05) is 23.1 Å².